The molecule has 12 heavy (non-hydrogen) atoms. The second kappa shape index (κ2) is 6.89. The minimum atomic E-state index is -0.161. The molecule has 0 saturated carbocycles. The van der Waals surface area contributed by atoms with Gasteiger partial charge in [0.15, 0.2) is 0 Å². The molecule has 0 radical (unpaired) electrons. The zero-order chi connectivity index (χ0) is 9.56. The fourth-order valence-electron chi connectivity index (χ4n) is 0.680. The van der Waals surface area contributed by atoms with Crippen LogP contribution in [0.25, 0.3) is 0 Å². The van der Waals surface area contributed by atoms with Crippen LogP contribution in [-0.2, 0) is 9.53 Å². The second-order valence-electron chi connectivity index (χ2n) is 2.78. The molecule has 1 atom stereocenters. The average molecular weight is 302 g/mol. The van der Waals surface area contributed by atoms with Gasteiger partial charge in [-0.3, -0.25) is 4.79 Å². The summed E-state index contributed by atoms with van der Waals surface area (Å²) in [7, 11) is 0. The van der Waals surface area contributed by atoms with Crippen molar-refractivity contribution in [1.29, 1.82) is 0 Å². The van der Waals surface area contributed by atoms with E-state index in [1.165, 1.54) is 0 Å². The molecular weight excluding hydrogens is 288 g/mol. The lowest BCUT2D eigenvalue weighted by Crippen LogP contribution is -2.21. The third-order valence-corrected chi connectivity index (χ3v) is 2.59. The topological polar surface area (TPSA) is 26.3 Å². The van der Waals surface area contributed by atoms with Gasteiger partial charge >= 0.3 is 5.97 Å². The van der Waals surface area contributed by atoms with Crippen LogP contribution in [0.5, 0.6) is 0 Å². The van der Waals surface area contributed by atoms with Crippen molar-refractivity contribution in [2.45, 2.75) is 37.6 Å². The molecule has 0 aliphatic heterocycles. The lowest BCUT2D eigenvalue weighted by molar-refractivity contribution is -0.146. The molecule has 2 nitrogen and oxygen atoms in total. The number of rotatable bonds is 5. The fraction of sp³-hybridized carbons (Fsp3) is 0.875. The summed E-state index contributed by atoms with van der Waals surface area (Å²) in [6.07, 6.45) is 1.77. The number of halogens is 2. The van der Waals surface area contributed by atoms with E-state index in [9.17, 15) is 4.79 Å². The molecule has 0 aromatic heterocycles. The van der Waals surface area contributed by atoms with Crippen LogP contribution in [0.3, 0.4) is 0 Å². The van der Waals surface area contributed by atoms with Gasteiger partial charge in [-0.25, -0.2) is 0 Å². The maximum atomic E-state index is 11.2. The molecule has 0 amide bonds. The van der Waals surface area contributed by atoms with E-state index in [-0.39, 0.29) is 16.9 Å². The highest BCUT2D eigenvalue weighted by Crippen LogP contribution is 2.12. The van der Waals surface area contributed by atoms with Crippen molar-refractivity contribution >= 4 is 37.8 Å². The molecule has 0 saturated heterocycles. The molecule has 0 rings (SSSR count). The van der Waals surface area contributed by atoms with Crippen LogP contribution in [0, 0.1) is 0 Å². The lowest BCUT2D eigenvalue weighted by Gasteiger charge is -2.11. The summed E-state index contributed by atoms with van der Waals surface area (Å²) < 4.78 is 5.01. The van der Waals surface area contributed by atoms with Crippen LogP contribution in [0.4, 0.5) is 0 Å². The number of carbonyl (C=O) groups excluding carboxylic acids is 1. The summed E-state index contributed by atoms with van der Waals surface area (Å²) in [4.78, 5) is 11.0. The Morgan fingerprint density at radius 1 is 1.50 bits per heavy atom. The number of esters is 1. The maximum Gasteiger partial charge on any atom is 0.319 e. The molecule has 0 aliphatic rings. The molecule has 0 fully saturated rings. The van der Waals surface area contributed by atoms with E-state index in [0.29, 0.717) is 0 Å². The Morgan fingerprint density at radius 2 is 2.08 bits per heavy atom. The SMILES string of the molecule is CC(C)OC(=O)C(Br)CCCBr. The van der Waals surface area contributed by atoms with Crippen LogP contribution >= 0.6 is 31.9 Å². The number of alkyl halides is 2. The highest BCUT2D eigenvalue weighted by atomic mass is 79.9. The Labute approximate surface area is 90.3 Å². The Morgan fingerprint density at radius 3 is 2.50 bits per heavy atom. The van der Waals surface area contributed by atoms with E-state index in [1.54, 1.807) is 0 Å². The lowest BCUT2D eigenvalue weighted by atomic mass is 10.2. The predicted octanol–water partition coefficient (Wildman–Crippen LogP) is 2.88. The summed E-state index contributed by atoms with van der Waals surface area (Å²) in [5.41, 5.74) is 0. The molecule has 0 N–H and O–H groups in total. The summed E-state index contributed by atoms with van der Waals surface area (Å²) in [6, 6.07) is 0. The molecule has 0 bridgehead atoms. The van der Waals surface area contributed by atoms with Crippen molar-refractivity contribution < 1.29 is 9.53 Å². The van der Waals surface area contributed by atoms with E-state index >= 15 is 0 Å². The van der Waals surface area contributed by atoms with Crippen molar-refractivity contribution in [1.82, 2.24) is 0 Å². The first kappa shape index (κ1) is 12.4. The minimum Gasteiger partial charge on any atom is -0.462 e. The van der Waals surface area contributed by atoms with Gasteiger partial charge in [-0.1, -0.05) is 31.9 Å². The highest BCUT2D eigenvalue weighted by molar-refractivity contribution is 9.10. The summed E-state index contributed by atoms with van der Waals surface area (Å²) in [5.74, 6) is -0.161. The van der Waals surface area contributed by atoms with Crippen molar-refractivity contribution in [3.8, 4) is 0 Å². The molecule has 0 aromatic carbocycles. The van der Waals surface area contributed by atoms with Gasteiger partial charge in [-0.2, -0.15) is 0 Å². The first-order valence-electron chi connectivity index (χ1n) is 3.98. The Balaban J connectivity index is 3.61. The third kappa shape index (κ3) is 6.00. The van der Waals surface area contributed by atoms with Gasteiger partial charge in [0.1, 0.15) is 4.83 Å². The van der Waals surface area contributed by atoms with Crippen LogP contribution < -0.4 is 0 Å². The summed E-state index contributed by atoms with van der Waals surface area (Å²) in [6.45, 7) is 3.70. The number of carbonyl (C=O) groups is 1. The smallest absolute Gasteiger partial charge is 0.319 e. The number of hydrogen-bond donors (Lipinski definition) is 0. The van der Waals surface area contributed by atoms with Gasteiger partial charge in [-0.05, 0) is 26.7 Å². The summed E-state index contributed by atoms with van der Waals surface area (Å²) in [5, 5.41) is 0.921. The van der Waals surface area contributed by atoms with Gasteiger partial charge in [0.2, 0.25) is 0 Å². The maximum absolute atomic E-state index is 11.2. The molecule has 0 aromatic rings. The van der Waals surface area contributed by atoms with Crippen LogP contribution in [-0.4, -0.2) is 22.2 Å². The molecule has 0 aliphatic carbocycles. The zero-order valence-corrected chi connectivity index (χ0v) is 10.5. The predicted molar refractivity (Wildman–Crippen MR) is 57.0 cm³/mol. The first-order valence-corrected chi connectivity index (χ1v) is 6.02. The van der Waals surface area contributed by atoms with E-state index in [1.807, 2.05) is 13.8 Å². The molecule has 0 heterocycles. The zero-order valence-electron chi connectivity index (χ0n) is 7.35. The van der Waals surface area contributed by atoms with Crippen molar-refractivity contribution in [3.05, 3.63) is 0 Å². The van der Waals surface area contributed by atoms with Crippen LogP contribution in [0.2, 0.25) is 0 Å². The fourth-order valence-corrected chi connectivity index (χ4v) is 1.44. The third-order valence-electron chi connectivity index (χ3n) is 1.20. The normalized spacial score (nSPS) is 13.1. The van der Waals surface area contributed by atoms with Gasteiger partial charge in [0.05, 0.1) is 6.10 Å². The largest absolute Gasteiger partial charge is 0.462 e. The monoisotopic (exact) mass is 300 g/mol. The van der Waals surface area contributed by atoms with E-state index in [4.69, 9.17) is 4.74 Å². The Hall–Kier alpha value is 0.430. The Bertz CT molecular complexity index is 137. The standard InChI is InChI=1S/C8H14Br2O2/c1-6(2)12-8(11)7(10)4-3-5-9/h6-7H,3-5H2,1-2H3. The van der Waals surface area contributed by atoms with Gasteiger partial charge in [-0.15, -0.1) is 0 Å². The second-order valence-corrected chi connectivity index (χ2v) is 4.68. The van der Waals surface area contributed by atoms with Gasteiger partial charge in [0, 0.05) is 5.33 Å². The number of ether oxygens (including phenoxy) is 1. The summed E-state index contributed by atoms with van der Waals surface area (Å²) >= 11 is 6.58. The Kier molecular flexibility index (Phi) is 7.14. The molecule has 1 unspecified atom stereocenters. The van der Waals surface area contributed by atoms with E-state index in [0.717, 1.165) is 18.2 Å². The average Bonchev–Trinajstić information content (AvgIpc) is 1.98. The first-order chi connectivity index (χ1) is 5.57. The molecular formula is C8H14Br2O2. The quantitative estimate of drug-likeness (QED) is 0.576. The molecule has 72 valence electrons. The number of hydrogen-bond acceptors (Lipinski definition) is 2. The molecule has 4 heteroatoms. The van der Waals surface area contributed by atoms with Crippen molar-refractivity contribution in [3.63, 3.8) is 0 Å². The van der Waals surface area contributed by atoms with Crippen LogP contribution in [0.15, 0.2) is 0 Å². The van der Waals surface area contributed by atoms with E-state index in [2.05, 4.69) is 31.9 Å². The molecule has 0 spiro atoms. The van der Waals surface area contributed by atoms with Gasteiger partial charge < -0.3 is 4.74 Å². The van der Waals surface area contributed by atoms with Gasteiger partial charge in [0.25, 0.3) is 0 Å². The van der Waals surface area contributed by atoms with Crippen LogP contribution in [0.1, 0.15) is 26.7 Å². The van der Waals surface area contributed by atoms with Crippen molar-refractivity contribution in [2.24, 2.45) is 0 Å². The minimum absolute atomic E-state index is 0.0264. The van der Waals surface area contributed by atoms with E-state index < -0.39 is 0 Å². The van der Waals surface area contributed by atoms with Crippen molar-refractivity contribution in [2.75, 3.05) is 5.33 Å². The highest BCUT2D eigenvalue weighted by Gasteiger charge is 2.16.